The van der Waals surface area contributed by atoms with Crippen molar-refractivity contribution in [1.29, 1.82) is 0 Å². The number of likely N-dealkylation sites (tertiary alicyclic amines) is 1. The van der Waals surface area contributed by atoms with Crippen molar-refractivity contribution >= 4 is 23.6 Å². The van der Waals surface area contributed by atoms with Crippen LogP contribution in [0.1, 0.15) is 25.3 Å². The summed E-state index contributed by atoms with van der Waals surface area (Å²) in [6.45, 7) is 5.47. The lowest BCUT2D eigenvalue weighted by molar-refractivity contribution is -0.128. The van der Waals surface area contributed by atoms with Gasteiger partial charge < -0.3 is 15.5 Å². The van der Waals surface area contributed by atoms with Gasteiger partial charge in [-0.1, -0.05) is 12.1 Å². The number of guanidine groups is 1. The summed E-state index contributed by atoms with van der Waals surface area (Å²) in [7, 11) is 0. The van der Waals surface area contributed by atoms with Crippen molar-refractivity contribution in [3.05, 3.63) is 29.8 Å². The van der Waals surface area contributed by atoms with E-state index in [1.807, 2.05) is 11.8 Å². The molecule has 0 aromatic heterocycles. The van der Waals surface area contributed by atoms with Crippen molar-refractivity contribution in [2.45, 2.75) is 31.2 Å². The molecule has 0 spiro atoms. The molecule has 2 N–H and O–H groups in total. The molecule has 0 radical (unpaired) electrons. The van der Waals surface area contributed by atoms with Crippen molar-refractivity contribution in [2.24, 2.45) is 4.99 Å². The lowest BCUT2D eigenvalue weighted by atomic mass is 10.2. The lowest BCUT2D eigenvalue weighted by Gasteiger charge is -2.17. The second-order valence-electron chi connectivity index (χ2n) is 5.48. The maximum absolute atomic E-state index is 12.1. The molecule has 23 heavy (non-hydrogen) atoms. The molecular weight excluding hydrogens is 308 g/mol. The maximum atomic E-state index is 12.1. The van der Waals surface area contributed by atoms with Gasteiger partial charge in [0.2, 0.25) is 5.91 Å². The van der Waals surface area contributed by atoms with Gasteiger partial charge in [-0.3, -0.25) is 4.79 Å². The molecule has 0 aliphatic carbocycles. The van der Waals surface area contributed by atoms with Gasteiger partial charge in [0.15, 0.2) is 5.96 Å². The Morgan fingerprint density at radius 1 is 1.22 bits per heavy atom. The summed E-state index contributed by atoms with van der Waals surface area (Å²) < 4.78 is 0. The van der Waals surface area contributed by atoms with Crippen molar-refractivity contribution in [2.75, 3.05) is 32.4 Å². The average Bonchev–Trinajstić information content (AvgIpc) is 3.12. The van der Waals surface area contributed by atoms with Gasteiger partial charge in [0, 0.05) is 24.5 Å². The standard InChI is InChI=1S/C17H26N4OS/c1-3-18-17(20-13-16(22)21-10-4-5-11-21)19-12-14-6-8-15(23-2)9-7-14/h6-9H,3-5,10-13H2,1-2H3,(H2,18,19,20). The van der Waals surface area contributed by atoms with E-state index in [1.54, 1.807) is 11.8 Å². The van der Waals surface area contributed by atoms with E-state index in [0.717, 1.165) is 38.0 Å². The number of hydrogen-bond donors (Lipinski definition) is 2. The zero-order valence-electron chi connectivity index (χ0n) is 14.0. The van der Waals surface area contributed by atoms with Crippen LogP contribution in [0.4, 0.5) is 0 Å². The molecule has 0 atom stereocenters. The fourth-order valence-corrected chi connectivity index (χ4v) is 2.89. The molecule has 1 fully saturated rings. The van der Waals surface area contributed by atoms with Gasteiger partial charge in [0.25, 0.3) is 0 Å². The minimum absolute atomic E-state index is 0.150. The van der Waals surface area contributed by atoms with Crippen LogP contribution in [0.3, 0.4) is 0 Å². The van der Waals surface area contributed by atoms with Crippen LogP contribution in [-0.4, -0.2) is 49.2 Å². The molecule has 1 aliphatic rings. The molecule has 2 rings (SSSR count). The normalized spacial score (nSPS) is 14.9. The van der Waals surface area contributed by atoms with Crippen LogP contribution in [-0.2, 0) is 11.3 Å². The number of benzene rings is 1. The zero-order chi connectivity index (χ0) is 16.5. The monoisotopic (exact) mass is 334 g/mol. The van der Waals surface area contributed by atoms with Gasteiger partial charge in [0.1, 0.15) is 0 Å². The van der Waals surface area contributed by atoms with Crippen LogP contribution in [0, 0.1) is 0 Å². The number of carbonyl (C=O) groups excluding carboxylic acids is 1. The van der Waals surface area contributed by atoms with Crippen molar-refractivity contribution in [3.8, 4) is 0 Å². The second kappa shape index (κ2) is 9.45. The molecule has 1 heterocycles. The van der Waals surface area contributed by atoms with Gasteiger partial charge in [-0.05, 0) is 43.7 Å². The number of amides is 1. The van der Waals surface area contributed by atoms with E-state index in [2.05, 4.69) is 46.1 Å². The van der Waals surface area contributed by atoms with Crippen LogP contribution >= 0.6 is 11.8 Å². The smallest absolute Gasteiger partial charge is 0.241 e. The first-order chi connectivity index (χ1) is 11.2. The predicted molar refractivity (Wildman–Crippen MR) is 96.9 cm³/mol. The number of nitrogens with zero attached hydrogens (tertiary/aromatic N) is 2. The van der Waals surface area contributed by atoms with E-state index < -0.39 is 0 Å². The molecule has 1 aromatic rings. The lowest BCUT2D eigenvalue weighted by Crippen LogP contribution is -2.44. The highest BCUT2D eigenvalue weighted by molar-refractivity contribution is 7.98. The third kappa shape index (κ3) is 5.78. The van der Waals surface area contributed by atoms with E-state index in [1.165, 1.54) is 4.90 Å². The molecule has 0 unspecified atom stereocenters. The summed E-state index contributed by atoms with van der Waals surface area (Å²) in [6.07, 6.45) is 4.30. The van der Waals surface area contributed by atoms with Crippen LogP contribution in [0.5, 0.6) is 0 Å². The first-order valence-corrected chi connectivity index (χ1v) is 9.38. The number of hydrogen-bond acceptors (Lipinski definition) is 3. The van der Waals surface area contributed by atoms with Crippen molar-refractivity contribution in [1.82, 2.24) is 15.5 Å². The van der Waals surface area contributed by atoms with Gasteiger partial charge in [-0.15, -0.1) is 11.8 Å². The van der Waals surface area contributed by atoms with Gasteiger partial charge in [0.05, 0.1) is 13.1 Å². The van der Waals surface area contributed by atoms with E-state index in [9.17, 15) is 4.79 Å². The van der Waals surface area contributed by atoms with Crippen LogP contribution < -0.4 is 10.6 Å². The third-order valence-corrected chi connectivity index (χ3v) is 4.53. The highest BCUT2D eigenvalue weighted by Gasteiger charge is 2.17. The number of rotatable bonds is 6. The summed E-state index contributed by atoms with van der Waals surface area (Å²) in [5.74, 6) is 0.839. The molecule has 1 saturated heterocycles. The quantitative estimate of drug-likeness (QED) is 0.475. The molecule has 6 heteroatoms. The number of carbonyl (C=O) groups is 1. The Morgan fingerprint density at radius 3 is 2.52 bits per heavy atom. The zero-order valence-corrected chi connectivity index (χ0v) is 14.8. The average molecular weight is 334 g/mol. The summed E-state index contributed by atoms with van der Waals surface area (Å²) in [5, 5.41) is 6.32. The van der Waals surface area contributed by atoms with Gasteiger partial charge in [-0.25, -0.2) is 4.99 Å². The summed E-state index contributed by atoms with van der Waals surface area (Å²) >= 11 is 1.73. The Labute approximate surface area is 142 Å². The molecule has 5 nitrogen and oxygen atoms in total. The van der Waals surface area contributed by atoms with Crippen LogP contribution in [0.2, 0.25) is 0 Å². The molecule has 0 bridgehead atoms. The highest BCUT2D eigenvalue weighted by atomic mass is 32.2. The molecule has 1 amide bonds. The highest BCUT2D eigenvalue weighted by Crippen LogP contribution is 2.15. The Kier molecular flexibility index (Phi) is 7.26. The Morgan fingerprint density at radius 2 is 1.91 bits per heavy atom. The van der Waals surface area contributed by atoms with Crippen molar-refractivity contribution < 1.29 is 4.79 Å². The maximum Gasteiger partial charge on any atom is 0.241 e. The molecule has 1 aliphatic heterocycles. The minimum Gasteiger partial charge on any atom is -0.357 e. The van der Waals surface area contributed by atoms with Gasteiger partial charge in [-0.2, -0.15) is 0 Å². The Hall–Kier alpha value is -1.69. The summed E-state index contributed by atoms with van der Waals surface area (Å²) in [4.78, 5) is 19.8. The SMILES string of the molecule is CCNC(=NCc1ccc(SC)cc1)NCC(=O)N1CCCC1. The Balaban J connectivity index is 1.86. The number of thioether (sulfide) groups is 1. The second-order valence-corrected chi connectivity index (χ2v) is 6.36. The number of nitrogens with one attached hydrogen (secondary N) is 2. The van der Waals surface area contributed by atoms with E-state index in [4.69, 9.17) is 0 Å². The largest absolute Gasteiger partial charge is 0.357 e. The first kappa shape index (κ1) is 17.7. The first-order valence-electron chi connectivity index (χ1n) is 8.16. The summed E-state index contributed by atoms with van der Waals surface area (Å²) in [6, 6.07) is 8.39. The minimum atomic E-state index is 0.150. The molecule has 0 saturated carbocycles. The predicted octanol–water partition coefficient (Wildman–Crippen LogP) is 2.09. The summed E-state index contributed by atoms with van der Waals surface area (Å²) in [5.41, 5.74) is 1.16. The molecule has 126 valence electrons. The topological polar surface area (TPSA) is 56.7 Å². The van der Waals surface area contributed by atoms with Crippen LogP contribution in [0.15, 0.2) is 34.2 Å². The fourth-order valence-electron chi connectivity index (χ4n) is 2.48. The fraction of sp³-hybridized carbons (Fsp3) is 0.529. The molecular formula is C17H26N4OS. The third-order valence-electron chi connectivity index (χ3n) is 3.79. The van der Waals surface area contributed by atoms with Gasteiger partial charge >= 0.3 is 0 Å². The van der Waals surface area contributed by atoms with E-state index in [-0.39, 0.29) is 5.91 Å². The number of aliphatic imine (C=N–C) groups is 1. The van der Waals surface area contributed by atoms with E-state index >= 15 is 0 Å². The van der Waals surface area contributed by atoms with Crippen LogP contribution in [0.25, 0.3) is 0 Å². The van der Waals surface area contributed by atoms with Crippen molar-refractivity contribution in [3.63, 3.8) is 0 Å². The molecule has 1 aromatic carbocycles. The Bertz CT molecular complexity index is 524. The van der Waals surface area contributed by atoms with E-state index in [0.29, 0.717) is 19.0 Å².